The van der Waals surface area contributed by atoms with Crippen molar-refractivity contribution < 1.29 is 14.4 Å². The van der Waals surface area contributed by atoms with E-state index in [1.165, 1.54) is 0 Å². The molecule has 2 heterocycles. The van der Waals surface area contributed by atoms with Gasteiger partial charge >= 0.3 is 0 Å². The number of amides is 3. The topological polar surface area (TPSA) is 127 Å². The number of nitrogens with one attached hydrogen (secondary N) is 4. The van der Waals surface area contributed by atoms with Crippen molar-refractivity contribution in [3.63, 3.8) is 0 Å². The van der Waals surface area contributed by atoms with Gasteiger partial charge in [-0.2, -0.15) is 5.26 Å². The molecule has 2 aromatic rings. The number of carbonyl (C=O) groups is 3. The summed E-state index contributed by atoms with van der Waals surface area (Å²) < 4.78 is 0. The van der Waals surface area contributed by atoms with E-state index in [1.807, 2.05) is 20.8 Å². The van der Waals surface area contributed by atoms with Gasteiger partial charge < -0.3 is 20.9 Å². The fraction of sp³-hybridized carbons (Fsp3) is 0.478. The maximum atomic E-state index is 13.0. The Bertz CT molecular complexity index is 1070. The van der Waals surface area contributed by atoms with E-state index in [4.69, 9.17) is 11.6 Å². The molecule has 9 heteroatoms. The smallest absolute Gasteiger partial charge is 0.268 e. The number of hydrogen-bond acceptors (Lipinski definition) is 4. The lowest BCUT2D eigenvalue weighted by atomic mass is 9.87. The number of aromatic nitrogens is 1. The second kappa shape index (κ2) is 9.61. The van der Waals surface area contributed by atoms with Crippen LogP contribution in [0.5, 0.6) is 0 Å². The standard InChI is InChI=1S/C23H28ClN5O3/c1-23(2,3)11-19(22(32)27-16(12-25)9-13-6-7-26-20(13)30)29-21(31)18-10-14-8-15(24)4-5-17(14)28-18/h4-5,8,10,13,16,19,28H,6-7,9,11H2,1-3H3,(H,26,30)(H,27,32)(H,29,31)/t13-,16-,19?/m0/s1. The number of rotatable bonds is 7. The van der Waals surface area contributed by atoms with E-state index in [9.17, 15) is 19.6 Å². The lowest BCUT2D eigenvalue weighted by molar-refractivity contribution is -0.125. The Morgan fingerprint density at radius 2 is 2.03 bits per heavy atom. The van der Waals surface area contributed by atoms with Gasteiger partial charge in [0.05, 0.1) is 6.07 Å². The highest BCUT2D eigenvalue weighted by Gasteiger charge is 2.31. The SMILES string of the molecule is CC(C)(C)CC(NC(=O)c1cc2cc(Cl)ccc2[nH]1)C(=O)N[C@H](C#N)C[C@@H]1CCNC1=O. The molecule has 0 spiro atoms. The molecule has 4 N–H and O–H groups in total. The van der Waals surface area contributed by atoms with Crippen LogP contribution in [0.25, 0.3) is 10.9 Å². The van der Waals surface area contributed by atoms with Gasteiger partial charge in [-0.1, -0.05) is 32.4 Å². The average molecular weight is 458 g/mol. The van der Waals surface area contributed by atoms with Gasteiger partial charge in [-0.15, -0.1) is 0 Å². The van der Waals surface area contributed by atoms with Gasteiger partial charge in [0, 0.05) is 28.4 Å². The fourth-order valence-corrected chi connectivity index (χ4v) is 4.03. The van der Waals surface area contributed by atoms with Crippen LogP contribution in [0, 0.1) is 22.7 Å². The molecular weight excluding hydrogens is 430 g/mol. The van der Waals surface area contributed by atoms with Crippen molar-refractivity contribution in [1.82, 2.24) is 20.9 Å². The van der Waals surface area contributed by atoms with E-state index in [-0.39, 0.29) is 23.7 Å². The van der Waals surface area contributed by atoms with Gasteiger partial charge in [0.1, 0.15) is 17.8 Å². The van der Waals surface area contributed by atoms with E-state index in [0.717, 1.165) is 10.9 Å². The highest BCUT2D eigenvalue weighted by Crippen LogP contribution is 2.23. The number of carbonyl (C=O) groups excluding carboxylic acids is 3. The Balaban J connectivity index is 1.72. The van der Waals surface area contributed by atoms with Crippen LogP contribution in [0.3, 0.4) is 0 Å². The first-order chi connectivity index (χ1) is 15.1. The molecule has 3 amide bonds. The van der Waals surface area contributed by atoms with Crippen molar-refractivity contribution in [1.29, 1.82) is 5.26 Å². The molecule has 0 bridgehead atoms. The van der Waals surface area contributed by atoms with Gasteiger partial charge in [0.15, 0.2) is 0 Å². The highest BCUT2D eigenvalue weighted by atomic mass is 35.5. The van der Waals surface area contributed by atoms with Crippen LogP contribution < -0.4 is 16.0 Å². The third kappa shape index (κ3) is 6.01. The van der Waals surface area contributed by atoms with Crippen molar-refractivity contribution >= 4 is 40.2 Å². The summed E-state index contributed by atoms with van der Waals surface area (Å²) in [5, 5.41) is 19.1. The lowest BCUT2D eigenvalue weighted by Gasteiger charge is -2.27. The number of nitriles is 1. The third-order valence-electron chi connectivity index (χ3n) is 5.42. The zero-order valence-electron chi connectivity index (χ0n) is 18.4. The predicted octanol–water partition coefficient (Wildman–Crippen LogP) is 2.89. The molecule has 1 aromatic heterocycles. The van der Waals surface area contributed by atoms with Crippen molar-refractivity contribution in [2.75, 3.05) is 6.54 Å². The van der Waals surface area contributed by atoms with Crippen LogP contribution in [0.1, 0.15) is 50.5 Å². The van der Waals surface area contributed by atoms with E-state index < -0.39 is 23.9 Å². The quantitative estimate of drug-likeness (QED) is 0.509. The van der Waals surface area contributed by atoms with Crippen LogP contribution in [-0.2, 0) is 9.59 Å². The number of hydrogen-bond donors (Lipinski definition) is 4. The molecule has 1 aliphatic rings. The minimum Gasteiger partial charge on any atom is -0.356 e. The van der Waals surface area contributed by atoms with Crippen LogP contribution in [0.15, 0.2) is 24.3 Å². The summed E-state index contributed by atoms with van der Waals surface area (Å²) in [7, 11) is 0. The van der Waals surface area contributed by atoms with Gasteiger partial charge in [-0.05, 0) is 48.9 Å². The summed E-state index contributed by atoms with van der Waals surface area (Å²) in [6, 6.07) is 7.35. The first-order valence-corrected chi connectivity index (χ1v) is 11.0. The van der Waals surface area contributed by atoms with Crippen LogP contribution in [-0.4, -0.2) is 41.3 Å². The number of benzene rings is 1. The first-order valence-electron chi connectivity index (χ1n) is 10.6. The maximum Gasteiger partial charge on any atom is 0.268 e. The second-order valence-electron chi connectivity index (χ2n) is 9.41. The number of nitrogens with zero attached hydrogens (tertiary/aromatic N) is 1. The Labute approximate surface area is 192 Å². The Morgan fingerprint density at radius 3 is 2.66 bits per heavy atom. The molecule has 0 aliphatic carbocycles. The predicted molar refractivity (Wildman–Crippen MR) is 122 cm³/mol. The number of fused-ring (bicyclic) bond motifs is 1. The molecule has 1 aromatic carbocycles. The van der Waals surface area contributed by atoms with Crippen LogP contribution in [0.2, 0.25) is 5.02 Å². The molecule has 3 atom stereocenters. The molecule has 0 saturated carbocycles. The zero-order valence-corrected chi connectivity index (χ0v) is 19.2. The summed E-state index contributed by atoms with van der Waals surface area (Å²) in [6.07, 6.45) is 1.26. The number of H-pyrrole nitrogens is 1. The monoisotopic (exact) mass is 457 g/mol. The minimum atomic E-state index is -0.842. The summed E-state index contributed by atoms with van der Waals surface area (Å²) in [4.78, 5) is 40.8. The molecule has 0 radical (unpaired) electrons. The molecule has 1 aliphatic heterocycles. The normalized spacial score (nSPS) is 18.0. The first kappa shape index (κ1) is 23.6. The summed E-state index contributed by atoms with van der Waals surface area (Å²) in [5.74, 6) is -1.27. The van der Waals surface area contributed by atoms with Crippen molar-refractivity contribution in [3.8, 4) is 6.07 Å². The summed E-state index contributed by atoms with van der Waals surface area (Å²) >= 11 is 6.02. The second-order valence-corrected chi connectivity index (χ2v) is 9.84. The van der Waals surface area contributed by atoms with Gasteiger partial charge in [0.2, 0.25) is 11.8 Å². The molecule has 32 heavy (non-hydrogen) atoms. The molecule has 1 saturated heterocycles. The van der Waals surface area contributed by atoms with Crippen molar-refractivity contribution in [2.45, 2.75) is 52.1 Å². The lowest BCUT2D eigenvalue weighted by Crippen LogP contribution is -2.51. The Kier molecular flexibility index (Phi) is 7.09. The fourth-order valence-electron chi connectivity index (χ4n) is 3.85. The minimum absolute atomic E-state index is 0.0991. The largest absolute Gasteiger partial charge is 0.356 e. The molecule has 1 fully saturated rings. The average Bonchev–Trinajstić information content (AvgIpc) is 3.31. The third-order valence-corrected chi connectivity index (χ3v) is 5.66. The molecular formula is C23H28ClN5O3. The molecule has 3 rings (SSSR count). The summed E-state index contributed by atoms with van der Waals surface area (Å²) in [6.45, 7) is 6.48. The molecule has 8 nitrogen and oxygen atoms in total. The maximum absolute atomic E-state index is 13.0. The van der Waals surface area contributed by atoms with Crippen molar-refractivity contribution in [3.05, 3.63) is 35.0 Å². The molecule has 1 unspecified atom stereocenters. The van der Waals surface area contributed by atoms with Crippen LogP contribution >= 0.6 is 11.6 Å². The van der Waals surface area contributed by atoms with Crippen molar-refractivity contribution in [2.24, 2.45) is 11.3 Å². The Morgan fingerprint density at radius 1 is 1.28 bits per heavy atom. The Hall–Kier alpha value is -3.05. The van der Waals surface area contributed by atoms with E-state index in [0.29, 0.717) is 30.1 Å². The zero-order chi connectivity index (χ0) is 23.5. The number of halogens is 1. The number of aromatic amines is 1. The van der Waals surface area contributed by atoms with Crippen LogP contribution in [0.4, 0.5) is 0 Å². The highest BCUT2D eigenvalue weighted by molar-refractivity contribution is 6.31. The van der Waals surface area contributed by atoms with E-state index in [2.05, 4.69) is 27.0 Å². The van der Waals surface area contributed by atoms with Gasteiger partial charge in [-0.3, -0.25) is 14.4 Å². The van der Waals surface area contributed by atoms with E-state index in [1.54, 1.807) is 24.3 Å². The van der Waals surface area contributed by atoms with E-state index >= 15 is 0 Å². The summed E-state index contributed by atoms with van der Waals surface area (Å²) in [5.41, 5.74) is 0.820. The van der Waals surface area contributed by atoms with Gasteiger partial charge in [-0.25, -0.2) is 0 Å². The molecule has 170 valence electrons. The van der Waals surface area contributed by atoms with Gasteiger partial charge in [0.25, 0.3) is 5.91 Å².